The molecule has 0 fully saturated rings. The average molecular weight is 513 g/mol. The molecule has 0 aliphatic carbocycles. The topological polar surface area (TPSA) is 191 Å². The number of aliphatic hydroxyl groups is 1. The van der Waals surface area contributed by atoms with Gasteiger partial charge in [0.1, 0.15) is 23.9 Å². The molecular formula is C23H36N4O7S. The molecule has 196 valence electrons. The number of carboxylic acid groups (broad SMARTS) is 1. The number of nitrogens with two attached hydrogens (primary N) is 1. The molecule has 12 heteroatoms. The zero-order valence-corrected chi connectivity index (χ0v) is 21.2. The summed E-state index contributed by atoms with van der Waals surface area (Å²) in [6, 6.07) is 1.24. The second-order valence-electron chi connectivity index (χ2n) is 8.62. The maximum Gasteiger partial charge on any atom is 0.326 e. The fourth-order valence-corrected chi connectivity index (χ4v) is 3.64. The van der Waals surface area contributed by atoms with Crippen LogP contribution in [0, 0.1) is 5.92 Å². The van der Waals surface area contributed by atoms with Gasteiger partial charge in [-0.05, 0) is 49.0 Å². The van der Waals surface area contributed by atoms with Gasteiger partial charge < -0.3 is 37.0 Å². The number of phenolic OH excluding ortho intramolecular Hbond substituents is 1. The lowest BCUT2D eigenvalue weighted by atomic mass is 10.0. The second-order valence-corrected chi connectivity index (χ2v) is 9.60. The molecular weight excluding hydrogens is 476 g/mol. The Bertz CT molecular complexity index is 864. The summed E-state index contributed by atoms with van der Waals surface area (Å²) in [5.41, 5.74) is 6.43. The molecule has 0 aliphatic heterocycles. The Labute approximate surface area is 209 Å². The molecule has 3 amide bonds. The molecule has 1 aromatic rings. The van der Waals surface area contributed by atoms with Crippen molar-refractivity contribution in [1.82, 2.24) is 16.0 Å². The number of carboxylic acids is 1. The molecule has 8 N–H and O–H groups in total. The standard InChI is InChI=1S/C23H36N4O7S/c1-12(2)18(23(33)34)26-21(31)17(11-14-5-7-15(29)8-6-14)25-22(32)19(13(3)28)27-20(30)16(24)9-10-35-4/h5-8,12-13,16-19,28-29H,9-11,24H2,1-4H3,(H,25,32)(H,26,31)(H,27,30)(H,33,34). The van der Waals surface area contributed by atoms with E-state index in [0.29, 0.717) is 17.7 Å². The van der Waals surface area contributed by atoms with Gasteiger partial charge in [-0.15, -0.1) is 0 Å². The van der Waals surface area contributed by atoms with Gasteiger partial charge in [0.25, 0.3) is 0 Å². The highest BCUT2D eigenvalue weighted by atomic mass is 32.2. The molecule has 0 spiro atoms. The Morgan fingerprint density at radius 1 is 0.943 bits per heavy atom. The number of aliphatic hydroxyl groups excluding tert-OH is 1. The van der Waals surface area contributed by atoms with E-state index < -0.39 is 59.9 Å². The first-order valence-electron chi connectivity index (χ1n) is 11.2. The van der Waals surface area contributed by atoms with Crippen LogP contribution in [0.5, 0.6) is 5.75 Å². The van der Waals surface area contributed by atoms with Gasteiger partial charge in [0, 0.05) is 6.42 Å². The number of amides is 3. The maximum atomic E-state index is 13.0. The molecule has 11 nitrogen and oxygen atoms in total. The first kappa shape index (κ1) is 30.2. The van der Waals surface area contributed by atoms with Crippen molar-refractivity contribution >= 4 is 35.5 Å². The summed E-state index contributed by atoms with van der Waals surface area (Å²) in [7, 11) is 0. The lowest BCUT2D eigenvalue weighted by Gasteiger charge is -2.27. The number of aliphatic carboxylic acids is 1. The van der Waals surface area contributed by atoms with Crippen molar-refractivity contribution in [2.75, 3.05) is 12.0 Å². The van der Waals surface area contributed by atoms with E-state index in [1.54, 1.807) is 26.0 Å². The van der Waals surface area contributed by atoms with Crippen molar-refractivity contribution in [2.45, 2.75) is 63.9 Å². The number of aromatic hydroxyl groups is 1. The SMILES string of the molecule is CSCCC(N)C(=O)NC(C(=O)NC(Cc1ccc(O)cc1)C(=O)NC(C(=O)O)C(C)C)C(C)O. The van der Waals surface area contributed by atoms with E-state index in [-0.39, 0.29) is 12.2 Å². The Morgan fingerprint density at radius 2 is 1.51 bits per heavy atom. The number of hydrogen-bond donors (Lipinski definition) is 7. The maximum absolute atomic E-state index is 13.0. The van der Waals surface area contributed by atoms with Gasteiger partial charge in [0.2, 0.25) is 17.7 Å². The molecule has 0 bridgehead atoms. The predicted molar refractivity (Wildman–Crippen MR) is 133 cm³/mol. The summed E-state index contributed by atoms with van der Waals surface area (Å²) < 4.78 is 0. The Balaban J connectivity index is 3.10. The summed E-state index contributed by atoms with van der Waals surface area (Å²) >= 11 is 1.51. The predicted octanol–water partition coefficient (Wildman–Crippen LogP) is -0.409. The first-order chi connectivity index (χ1) is 16.4. The van der Waals surface area contributed by atoms with Crippen molar-refractivity contribution in [3.63, 3.8) is 0 Å². The molecule has 35 heavy (non-hydrogen) atoms. The molecule has 5 unspecified atom stereocenters. The number of carbonyl (C=O) groups is 4. The third-order valence-electron chi connectivity index (χ3n) is 5.27. The summed E-state index contributed by atoms with van der Waals surface area (Å²) in [6.45, 7) is 4.57. The molecule has 0 saturated heterocycles. The van der Waals surface area contributed by atoms with Crippen LogP contribution in [-0.2, 0) is 25.6 Å². The van der Waals surface area contributed by atoms with Gasteiger partial charge in [-0.2, -0.15) is 11.8 Å². The van der Waals surface area contributed by atoms with Crippen LogP contribution in [0.2, 0.25) is 0 Å². The van der Waals surface area contributed by atoms with E-state index in [9.17, 15) is 34.5 Å². The van der Waals surface area contributed by atoms with Crippen molar-refractivity contribution in [3.8, 4) is 5.75 Å². The first-order valence-corrected chi connectivity index (χ1v) is 12.6. The molecule has 0 aromatic heterocycles. The van der Waals surface area contributed by atoms with Gasteiger partial charge in [0.05, 0.1) is 12.1 Å². The van der Waals surface area contributed by atoms with Crippen LogP contribution in [0.25, 0.3) is 0 Å². The third kappa shape index (κ3) is 10.1. The lowest BCUT2D eigenvalue weighted by molar-refractivity contribution is -0.143. The van der Waals surface area contributed by atoms with Crippen LogP contribution < -0.4 is 21.7 Å². The smallest absolute Gasteiger partial charge is 0.326 e. The molecule has 0 aliphatic rings. The minimum Gasteiger partial charge on any atom is -0.508 e. The van der Waals surface area contributed by atoms with Crippen LogP contribution in [0.15, 0.2) is 24.3 Å². The van der Waals surface area contributed by atoms with E-state index in [4.69, 9.17) is 5.73 Å². The van der Waals surface area contributed by atoms with Crippen molar-refractivity contribution in [1.29, 1.82) is 0 Å². The van der Waals surface area contributed by atoms with Crippen molar-refractivity contribution < 1.29 is 34.5 Å². The highest BCUT2D eigenvalue weighted by Crippen LogP contribution is 2.12. The monoisotopic (exact) mass is 512 g/mol. The van der Waals surface area contributed by atoms with Crippen LogP contribution in [0.1, 0.15) is 32.8 Å². The number of carbonyl (C=O) groups excluding carboxylic acids is 3. The quantitative estimate of drug-likeness (QED) is 0.174. The van der Waals surface area contributed by atoms with E-state index in [0.717, 1.165) is 0 Å². The van der Waals surface area contributed by atoms with Crippen LogP contribution >= 0.6 is 11.8 Å². The summed E-state index contributed by atoms with van der Waals surface area (Å²) in [4.78, 5) is 50.0. The number of benzene rings is 1. The Hall–Kier alpha value is -2.83. The van der Waals surface area contributed by atoms with Gasteiger partial charge in [-0.3, -0.25) is 14.4 Å². The van der Waals surface area contributed by atoms with Crippen LogP contribution in [-0.4, -0.2) is 81.3 Å². The van der Waals surface area contributed by atoms with Crippen molar-refractivity contribution in [2.24, 2.45) is 11.7 Å². The number of phenols is 1. The van der Waals surface area contributed by atoms with Crippen LogP contribution in [0.3, 0.4) is 0 Å². The van der Waals surface area contributed by atoms with Crippen LogP contribution in [0.4, 0.5) is 0 Å². The summed E-state index contributed by atoms with van der Waals surface area (Å²) in [6.07, 6.45) is 0.908. The fourth-order valence-electron chi connectivity index (χ4n) is 3.15. The highest BCUT2D eigenvalue weighted by Gasteiger charge is 2.33. The van der Waals surface area contributed by atoms with E-state index in [1.807, 2.05) is 6.26 Å². The molecule has 1 rings (SSSR count). The number of hydrogen-bond acceptors (Lipinski definition) is 8. The lowest BCUT2D eigenvalue weighted by Crippen LogP contribution is -2.60. The number of rotatable bonds is 14. The molecule has 1 aromatic carbocycles. The molecule has 0 radical (unpaired) electrons. The zero-order chi connectivity index (χ0) is 26.7. The molecule has 0 heterocycles. The summed E-state index contributed by atoms with van der Waals surface area (Å²) in [5.74, 6) is -3.20. The minimum absolute atomic E-state index is 0.0132. The third-order valence-corrected chi connectivity index (χ3v) is 5.92. The van der Waals surface area contributed by atoms with Gasteiger partial charge in [0.15, 0.2) is 0 Å². The Kier molecular flexibility index (Phi) is 12.5. The van der Waals surface area contributed by atoms with Crippen molar-refractivity contribution in [3.05, 3.63) is 29.8 Å². The van der Waals surface area contributed by atoms with Gasteiger partial charge in [-0.25, -0.2) is 4.79 Å². The van der Waals surface area contributed by atoms with Gasteiger partial charge >= 0.3 is 5.97 Å². The second kappa shape index (κ2) is 14.5. The minimum atomic E-state index is -1.39. The normalized spacial score (nSPS) is 15.4. The number of nitrogens with one attached hydrogen (secondary N) is 3. The molecule has 0 saturated carbocycles. The highest BCUT2D eigenvalue weighted by molar-refractivity contribution is 7.98. The van der Waals surface area contributed by atoms with Gasteiger partial charge in [-0.1, -0.05) is 26.0 Å². The van der Waals surface area contributed by atoms with E-state index >= 15 is 0 Å². The fraction of sp³-hybridized carbons (Fsp3) is 0.565. The van der Waals surface area contributed by atoms with E-state index in [2.05, 4.69) is 16.0 Å². The summed E-state index contributed by atoms with van der Waals surface area (Å²) in [5, 5.41) is 36.4. The van der Waals surface area contributed by atoms with E-state index in [1.165, 1.54) is 30.8 Å². The largest absolute Gasteiger partial charge is 0.508 e. The Morgan fingerprint density at radius 3 is 2.00 bits per heavy atom. The zero-order valence-electron chi connectivity index (χ0n) is 20.4. The molecule has 5 atom stereocenters. The number of thioether (sulfide) groups is 1. The average Bonchev–Trinajstić information content (AvgIpc) is 2.79.